The van der Waals surface area contributed by atoms with Crippen LogP contribution in [-0.4, -0.2) is 39.8 Å². The van der Waals surface area contributed by atoms with Gasteiger partial charge in [-0.15, -0.1) is 0 Å². The summed E-state index contributed by atoms with van der Waals surface area (Å²) in [7, 11) is -1.30. The lowest BCUT2D eigenvalue weighted by Gasteiger charge is -2.23. The molecule has 0 bridgehead atoms. The second-order valence-corrected chi connectivity index (χ2v) is 8.01. The molecule has 1 fully saturated rings. The lowest BCUT2D eigenvalue weighted by atomic mass is 9.85. The molecule has 1 aliphatic carbocycles. The van der Waals surface area contributed by atoms with E-state index in [9.17, 15) is 18.0 Å². The first-order valence-electron chi connectivity index (χ1n) is 7.25. The van der Waals surface area contributed by atoms with Gasteiger partial charge in [0.1, 0.15) is 0 Å². The molecule has 1 saturated carbocycles. The number of hydrogen-bond acceptors (Lipinski definition) is 6. The molecule has 7 heteroatoms. The van der Waals surface area contributed by atoms with E-state index in [0.717, 1.165) is 0 Å². The van der Waals surface area contributed by atoms with Gasteiger partial charge in [0, 0.05) is 0 Å². The predicted octanol–water partition coefficient (Wildman–Crippen LogP) is 1.59. The lowest BCUT2D eigenvalue weighted by molar-refractivity contribution is -0.168. The normalized spacial score (nSPS) is 23.3. The number of esters is 2. The van der Waals surface area contributed by atoms with Crippen LogP contribution in [0.2, 0.25) is 0 Å². The molecular formula is C16H20O6S. The van der Waals surface area contributed by atoms with Crippen molar-refractivity contribution in [1.82, 2.24) is 0 Å². The van der Waals surface area contributed by atoms with E-state index in [1.165, 1.54) is 26.4 Å². The van der Waals surface area contributed by atoms with Crippen LogP contribution in [0, 0.1) is 11.3 Å². The van der Waals surface area contributed by atoms with Gasteiger partial charge in [0.05, 0.1) is 24.4 Å². The summed E-state index contributed by atoms with van der Waals surface area (Å²) in [5.41, 5.74) is -1.56. The largest absolute Gasteiger partial charge is 0.468 e. The molecule has 2 rings (SSSR count). The van der Waals surface area contributed by atoms with E-state index in [4.69, 9.17) is 9.47 Å². The first-order chi connectivity index (χ1) is 10.8. The van der Waals surface area contributed by atoms with Crippen LogP contribution in [0.5, 0.6) is 0 Å². The van der Waals surface area contributed by atoms with Gasteiger partial charge in [0.2, 0.25) is 0 Å². The summed E-state index contributed by atoms with van der Waals surface area (Å²) < 4.78 is 35.2. The predicted molar refractivity (Wildman–Crippen MR) is 82.3 cm³/mol. The van der Waals surface area contributed by atoms with Crippen molar-refractivity contribution in [2.75, 3.05) is 14.2 Å². The van der Waals surface area contributed by atoms with Gasteiger partial charge in [0.15, 0.2) is 15.3 Å². The van der Waals surface area contributed by atoms with Crippen LogP contribution < -0.4 is 0 Å². The Labute approximate surface area is 135 Å². The average molecular weight is 340 g/mol. The fourth-order valence-corrected chi connectivity index (χ4v) is 5.41. The summed E-state index contributed by atoms with van der Waals surface area (Å²) >= 11 is 0. The highest BCUT2D eigenvalue weighted by atomic mass is 32.2. The van der Waals surface area contributed by atoms with E-state index in [2.05, 4.69) is 0 Å². The summed E-state index contributed by atoms with van der Waals surface area (Å²) in [4.78, 5) is 24.5. The van der Waals surface area contributed by atoms with Crippen molar-refractivity contribution in [3.63, 3.8) is 0 Å². The fourth-order valence-electron chi connectivity index (χ4n) is 3.32. The number of hydrogen-bond donors (Lipinski definition) is 0. The molecule has 1 aromatic carbocycles. The molecule has 6 nitrogen and oxygen atoms in total. The molecule has 0 spiro atoms. The van der Waals surface area contributed by atoms with Crippen LogP contribution in [0.4, 0.5) is 0 Å². The number of ether oxygens (including phenoxy) is 2. The third-order valence-electron chi connectivity index (χ3n) is 4.48. The second kappa shape index (κ2) is 6.31. The molecule has 0 unspecified atom stereocenters. The molecule has 0 aromatic heterocycles. The van der Waals surface area contributed by atoms with Crippen molar-refractivity contribution < 1.29 is 27.5 Å². The molecule has 0 N–H and O–H groups in total. The van der Waals surface area contributed by atoms with E-state index in [1.807, 2.05) is 0 Å². The minimum atomic E-state index is -3.66. The van der Waals surface area contributed by atoms with Crippen molar-refractivity contribution in [2.45, 2.75) is 29.9 Å². The summed E-state index contributed by atoms with van der Waals surface area (Å²) in [6, 6.07) is 8.03. The molecule has 1 aromatic rings. The molecular weight excluding hydrogens is 320 g/mol. The Morgan fingerprint density at radius 1 is 1.04 bits per heavy atom. The number of sulfone groups is 1. The average Bonchev–Trinajstić information content (AvgIpc) is 2.93. The smallest absolute Gasteiger partial charge is 0.323 e. The van der Waals surface area contributed by atoms with Gasteiger partial charge in [-0.05, 0) is 30.9 Å². The highest BCUT2D eigenvalue weighted by molar-refractivity contribution is 7.92. The van der Waals surface area contributed by atoms with Crippen LogP contribution in [0.3, 0.4) is 0 Å². The van der Waals surface area contributed by atoms with Gasteiger partial charge in [-0.2, -0.15) is 0 Å². The molecule has 23 heavy (non-hydrogen) atoms. The Kier molecular flexibility index (Phi) is 4.79. The first-order valence-corrected chi connectivity index (χ1v) is 8.80. The Balaban J connectivity index is 2.44. The maximum atomic E-state index is 12.9. The maximum absolute atomic E-state index is 12.9. The minimum Gasteiger partial charge on any atom is -0.468 e. The summed E-state index contributed by atoms with van der Waals surface area (Å²) in [5, 5.41) is -0.844. The SMILES string of the molecule is COC(=O)C1(C(=O)OC)C[C@@H](S(=O)(=O)c2ccccc2)[C@@H](C)C1. The number of carbonyl (C=O) groups excluding carboxylic acids is 2. The van der Waals surface area contributed by atoms with Crippen molar-refractivity contribution in [1.29, 1.82) is 0 Å². The van der Waals surface area contributed by atoms with Crippen LogP contribution in [0.1, 0.15) is 19.8 Å². The summed E-state index contributed by atoms with van der Waals surface area (Å²) in [5.74, 6) is -1.87. The Morgan fingerprint density at radius 3 is 2.04 bits per heavy atom. The van der Waals surface area contributed by atoms with Crippen molar-refractivity contribution in [2.24, 2.45) is 11.3 Å². The van der Waals surface area contributed by atoms with E-state index in [1.54, 1.807) is 25.1 Å². The van der Waals surface area contributed by atoms with Gasteiger partial charge in [0.25, 0.3) is 0 Å². The maximum Gasteiger partial charge on any atom is 0.323 e. The second-order valence-electron chi connectivity index (χ2n) is 5.85. The fraction of sp³-hybridized carbons (Fsp3) is 0.500. The quantitative estimate of drug-likeness (QED) is 0.611. The third-order valence-corrected chi connectivity index (χ3v) is 6.83. The van der Waals surface area contributed by atoms with Gasteiger partial charge >= 0.3 is 11.9 Å². The zero-order valence-corrected chi connectivity index (χ0v) is 14.1. The zero-order chi connectivity index (χ0) is 17.3. The third kappa shape index (κ3) is 2.85. The molecule has 0 amide bonds. The van der Waals surface area contributed by atoms with E-state index < -0.39 is 32.4 Å². The van der Waals surface area contributed by atoms with E-state index in [-0.39, 0.29) is 23.7 Å². The van der Waals surface area contributed by atoms with Crippen LogP contribution in [0.15, 0.2) is 35.2 Å². The molecule has 1 aliphatic rings. The standard InChI is InChI=1S/C16H20O6S/c1-11-9-16(14(17)21-2,15(18)22-3)10-13(11)23(19,20)12-7-5-4-6-8-12/h4-8,11,13H,9-10H2,1-3H3/t11-,13+/m0/s1. The Hall–Kier alpha value is -1.89. The highest BCUT2D eigenvalue weighted by Crippen LogP contribution is 2.47. The lowest BCUT2D eigenvalue weighted by Crippen LogP contribution is -2.40. The first kappa shape index (κ1) is 17.5. The summed E-state index contributed by atoms with van der Waals surface area (Å²) in [6.07, 6.45) is -0.0478. The number of rotatable bonds is 4. The van der Waals surface area contributed by atoms with Gasteiger partial charge in [-0.1, -0.05) is 25.1 Å². The monoisotopic (exact) mass is 340 g/mol. The van der Waals surface area contributed by atoms with E-state index >= 15 is 0 Å². The van der Waals surface area contributed by atoms with Crippen LogP contribution >= 0.6 is 0 Å². The topological polar surface area (TPSA) is 86.7 Å². The number of carbonyl (C=O) groups is 2. The number of benzene rings is 1. The molecule has 0 aliphatic heterocycles. The van der Waals surface area contributed by atoms with E-state index in [0.29, 0.717) is 0 Å². The van der Waals surface area contributed by atoms with Crippen molar-refractivity contribution in [3.05, 3.63) is 30.3 Å². The molecule has 0 saturated heterocycles. The van der Waals surface area contributed by atoms with Crippen LogP contribution in [-0.2, 0) is 28.9 Å². The van der Waals surface area contributed by atoms with Gasteiger partial charge in [-0.3, -0.25) is 9.59 Å². The van der Waals surface area contributed by atoms with Crippen molar-refractivity contribution >= 4 is 21.8 Å². The van der Waals surface area contributed by atoms with Gasteiger partial charge in [-0.25, -0.2) is 8.42 Å². The molecule has 0 heterocycles. The van der Waals surface area contributed by atoms with Gasteiger partial charge < -0.3 is 9.47 Å². The molecule has 0 radical (unpaired) electrons. The summed E-state index contributed by atoms with van der Waals surface area (Å²) in [6.45, 7) is 1.72. The Morgan fingerprint density at radius 2 is 1.57 bits per heavy atom. The van der Waals surface area contributed by atoms with Crippen molar-refractivity contribution in [3.8, 4) is 0 Å². The number of methoxy groups -OCH3 is 2. The molecule has 126 valence electrons. The van der Waals surface area contributed by atoms with Crippen LogP contribution in [0.25, 0.3) is 0 Å². The highest BCUT2D eigenvalue weighted by Gasteiger charge is 2.59. The Bertz CT molecular complexity index is 679. The molecule has 2 atom stereocenters. The minimum absolute atomic E-state index is 0.0864. The zero-order valence-electron chi connectivity index (χ0n) is 13.3.